The number of hydrogen-bond donors (Lipinski definition) is 0. The van der Waals surface area contributed by atoms with Crippen molar-refractivity contribution in [3.63, 3.8) is 0 Å². The van der Waals surface area contributed by atoms with Gasteiger partial charge >= 0.3 is 0 Å². The third-order valence-corrected chi connectivity index (χ3v) is 15.5. The number of nitrogens with zero attached hydrogens (tertiary/aromatic N) is 5. The van der Waals surface area contributed by atoms with Gasteiger partial charge in [0.15, 0.2) is 31.0 Å². The van der Waals surface area contributed by atoms with Crippen LogP contribution < -0.4 is 22.8 Å². The first-order valence-corrected chi connectivity index (χ1v) is 29.0. The summed E-state index contributed by atoms with van der Waals surface area (Å²) < 4.78 is 41.9. The van der Waals surface area contributed by atoms with Crippen LogP contribution in [0, 0.1) is 48.5 Å². The SMILES string of the molecule is CCc1c[n+](C)c(-c2ccccc2C)cc1C.CCc1cc[n+](C)c(-c2ccccc2C)c1.CCc1ccc(-c2cccc[n+]2C)c(C)c1.[2H]C([2H])(C)c1c[n+](C)c(-c2ccccc2C)cc1C.[2H]C([2H])(C)c1ccc(-c2cccc[n+]2C)c(C)c1. The van der Waals surface area contributed by atoms with Crippen LogP contribution in [0.3, 0.4) is 0 Å². The second-order valence-electron chi connectivity index (χ2n) is 21.5. The van der Waals surface area contributed by atoms with E-state index in [1.54, 1.807) is 13.8 Å². The summed E-state index contributed by atoms with van der Waals surface area (Å²) >= 11 is 0. The van der Waals surface area contributed by atoms with E-state index in [0.717, 1.165) is 58.5 Å². The summed E-state index contributed by atoms with van der Waals surface area (Å²) in [4.78, 5) is 0. The van der Waals surface area contributed by atoms with Crippen molar-refractivity contribution in [1.29, 1.82) is 0 Å². The molecule has 10 rings (SSSR count). The minimum Gasteiger partial charge on any atom is -0.201 e. The molecule has 0 atom stereocenters. The Hall–Kier alpha value is -8.15. The molecule has 0 amide bonds. The number of hydrogen-bond acceptors (Lipinski definition) is 0. The highest BCUT2D eigenvalue weighted by Crippen LogP contribution is 2.26. The minimum absolute atomic E-state index is 0.724. The van der Waals surface area contributed by atoms with Gasteiger partial charge in [0.05, 0.1) is 0 Å². The lowest BCUT2D eigenvalue weighted by molar-refractivity contribution is -0.661. The van der Waals surface area contributed by atoms with Crippen molar-refractivity contribution in [1.82, 2.24) is 0 Å². The predicted octanol–water partition coefficient (Wildman–Crippen LogP) is 15.9. The van der Waals surface area contributed by atoms with E-state index in [2.05, 4.69) is 241 Å². The molecule has 0 saturated heterocycles. The summed E-state index contributed by atoms with van der Waals surface area (Å²) in [6.45, 7) is 24.6. The molecule has 0 aliphatic carbocycles. The molecular formula is C77H94N5+5. The second kappa shape index (κ2) is 30.6. The van der Waals surface area contributed by atoms with E-state index in [4.69, 9.17) is 5.48 Å². The molecule has 0 unspecified atom stereocenters. The third-order valence-electron chi connectivity index (χ3n) is 15.5. The maximum absolute atomic E-state index is 7.88. The monoisotopic (exact) mass is 1090 g/mol. The molecule has 5 aromatic carbocycles. The topological polar surface area (TPSA) is 19.4 Å². The standard InChI is InChI=1S/2C16H20N.3C15H18N/c2*1-5-14-11-17(4)16(10-13(14)3)15-9-7-6-8-12(15)2;2*1-4-13-8-9-14(12(2)11-13)15-7-5-6-10-16(15)3;1-4-13-9-10-16(3)15(11-13)14-8-6-5-7-12(14)2/h2*6-11H,5H2,1-4H3;3*5-11H,4H2,1-3H3/q5*+1/i5D2;;4D2;;. The van der Waals surface area contributed by atoms with Gasteiger partial charge in [0, 0.05) is 93.0 Å². The van der Waals surface area contributed by atoms with Crippen molar-refractivity contribution in [2.75, 3.05) is 0 Å². The van der Waals surface area contributed by atoms with E-state index in [-0.39, 0.29) is 0 Å². The van der Waals surface area contributed by atoms with Crippen LogP contribution in [0.25, 0.3) is 56.3 Å². The molecule has 0 aliphatic heterocycles. The fourth-order valence-electron chi connectivity index (χ4n) is 10.3. The van der Waals surface area contributed by atoms with E-state index in [9.17, 15) is 0 Å². The van der Waals surface area contributed by atoms with Gasteiger partial charge in [-0.1, -0.05) is 113 Å². The smallest absolute Gasteiger partial charge is 0.201 e. The molecule has 0 spiro atoms. The first-order chi connectivity index (χ1) is 40.8. The van der Waals surface area contributed by atoms with Gasteiger partial charge in [-0.15, -0.1) is 0 Å². The lowest BCUT2D eigenvalue weighted by atomic mass is 10.0. The molecule has 0 N–H and O–H groups in total. The summed E-state index contributed by atoms with van der Waals surface area (Å²) in [5, 5.41) is 0. The molecule has 0 saturated carbocycles. The van der Waals surface area contributed by atoms with Gasteiger partial charge < -0.3 is 0 Å². The second-order valence-corrected chi connectivity index (χ2v) is 21.5. The van der Waals surface area contributed by atoms with Crippen molar-refractivity contribution >= 4 is 0 Å². The lowest BCUT2D eigenvalue weighted by Crippen LogP contribution is -2.32. The molecule has 0 fully saturated rings. The van der Waals surface area contributed by atoms with Gasteiger partial charge in [0.2, 0.25) is 28.5 Å². The van der Waals surface area contributed by atoms with Crippen LogP contribution in [0.5, 0.6) is 0 Å². The molecule has 0 bridgehead atoms. The zero-order valence-electron chi connectivity index (χ0n) is 56.4. The van der Waals surface area contributed by atoms with Gasteiger partial charge in [-0.2, -0.15) is 0 Å². The fraction of sp³-hybridized carbons (Fsp3) is 0.286. The van der Waals surface area contributed by atoms with E-state index >= 15 is 0 Å². The van der Waals surface area contributed by atoms with E-state index in [1.807, 2.05) is 87.4 Å². The van der Waals surface area contributed by atoms with Crippen LogP contribution >= 0.6 is 0 Å². The Morgan fingerprint density at radius 2 is 0.646 bits per heavy atom. The van der Waals surface area contributed by atoms with Crippen molar-refractivity contribution in [3.8, 4) is 56.3 Å². The molecule has 0 radical (unpaired) electrons. The van der Waals surface area contributed by atoms with Gasteiger partial charge in [0.25, 0.3) is 0 Å². The quantitative estimate of drug-likeness (QED) is 0.122. The van der Waals surface area contributed by atoms with Gasteiger partial charge in [0.1, 0.15) is 35.2 Å². The Balaban J connectivity index is 0.000000172. The Morgan fingerprint density at radius 1 is 0.280 bits per heavy atom. The zero-order chi connectivity index (χ0) is 63.0. The Kier molecular flexibility index (Phi) is 21.3. The highest BCUT2D eigenvalue weighted by Gasteiger charge is 2.17. The first kappa shape index (κ1) is 57.1. The molecule has 82 heavy (non-hydrogen) atoms. The lowest BCUT2D eigenvalue weighted by Gasteiger charge is -2.07. The highest BCUT2D eigenvalue weighted by molar-refractivity contribution is 5.65. The number of aryl methyl sites for hydroxylation is 17. The number of pyridine rings is 5. The van der Waals surface area contributed by atoms with Gasteiger partial charge in [-0.05, 0) is 179 Å². The Labute approximate surface area is 500 Å². The summed E-state index contributed by atoms with van der Waals surface area (Å²) in [5.41, 5.74) is 26.8. The van der Waals surface area contributed by atoms with Crippen LogP contribution in [0.2, 0.25) is 0 Å². The average Bonchev–Trinajstić information content (AvgIpc) is 1.62. The van der Waals surface area contributed by atoms with Crippen LogP contribution in [0.4, 0.5) is 0 Å². The van der Waals surface area contributed by atoms with Gasteiger partial charge in [-0.3, -0.25) is 0 Å². The van der Waals surface area contributed by atoms with Crippen LogP contribution in [0.1, 0.15) is 107 Å². The summed E-state index contributed by atoms with van der Waals surface area (Å²) in [6.07, 6.45) is 11.1. The maximum Gasteiger partial charge on any atom is 0.212 e. The molecule has 5 heteroatoms. The van der Waals surface area contributed by atoms with Crippen molar-refractivity contribution < 1.29 is 28.3 Å². The van der Waals surface area contributed by atoms with Crippen molar-refractivity contribution in [3.05, 3.63) is 268 Å². The summed E-state index contributed by atoms with van der Waals surface area (Å²) in [7, 11) is 10.3. The first-order valence-electron chi connectivity index (χ1n) is 31.0. The number of benzene rings is 5. The van der Waals surface area contributed by atoms with E-state index in [1.165, 1.54) is 83.8 Å². The number of rotatable bonds is 10. The van der Waals surface area contributed by atoms with Crippen molar-refractivity contribution in [2.24, 2.45) is 35.2 Å². The van der Waals surface area contributed by atoms with Gasteiger partial charge in [-0.25, -0.2) is 22.8 Å². The minimum atomic E-state index is -1.31. The summed E-state index contributed by atoms with van der Waals surface area (Å²) in [6, 6.07) is 59.1. The molecule has 5 heterocycles. The zero-order valence-corrected chi connectivity index (χ0v) is 52.4. The third kappa shape index (κ3) is 16.5. The Bertz CT molecular complexity index is 3910. The molecule has 5 aromatic heterocycles. The van der Waals surface area contributed by atoms with Crippen LogP contribution in [0.15, 0.2) is 201 Å². The molecule has 0 aliphatic rings. The van der Waals surface area contributed by atoms with Crippen LogP contribution in [-0.4, -0.2) is 0 Å². The maximum atomic E-state index is 7.88. The Morgan fingerprint density at radius 3 is 1.05 bits per heavy atom. The average molecular weight is 1090 g/mol. The largest absolute Gasteiger partial charge is 0.212 e. The van der Waals surface area contributed by atoms with Crippen LogP contribution in [-0.2, 0) is 67.2 Å². The predicted molar refractivity (Wildman–Crippen MR) is 345 cm³/mol. The molecular weight excluding hydrogens is 995 g/mol. The molecule has 5 nitrogen and oxygen atoms in total. The fourth-order valence-corrected chi connectivity index (χ4v) is 10.3. The highest BCUT2D eigenvalue weighted by atomic mass is 14.9. The molecule has 10 aromatic rings. The van der Waals surface area contributed by atoms with Crippen molar-refractivity contribution in [2.45, 2.75) is 115 Å². The summed E-state index contributed by atoms with van der Waals surface area (Å²) in [5.74, 6) is 0. The van der Waals surface area contributed by atoms with E-state index < -0.39 is 12.7 Å². The molecule has 422 valence electrons. The normalized spacial score (nSPS) is 11.6. The number of aromatic nitrogens is 5. The van der Waals surface area contributed by atoms with E-state index in [0.29, 0.717) is 0 Å².